The van der Waals surface area contributed by atoms with Gasteiger partial charge in [-0.3, -0.25) is 4.90 Å². The first kappa shape index (κ1) is 13.8. The highest BCUT2D eigenvalue weighted by Gasteiger charge is 2.20. The molecule has 1 aliphatic heterocycles. The molecule has 1 heterocycles. The standard InChI is InChI=1S/C13H17BrFNO2/c1-2-16-5-6-17-11(8-16)9-18-13-7-10(15)3-4-12(13)14/h3-4,7,11H,2,5-6,8-9H2,1H3. The SMILES string of the molecule is CCN1CCOC(COc2cc(F)ccc2Br)C1. The Balaban J connectivity index is 1.89. The molecular weight excluding hydrogens is 301 g/mol. The van der Waals surface area contributed by atoms with Crippen molar-refractivity contribution in [2.75, 3.05) is 32.8 Å². The molecule has 1 atom stereocenters. The number of hydrogen-bond acceptors (Lipinski definition) is 3. The molecule has 1 fully saturated rings. The van der Waals surface area contributed by atoms with Gasteiger partial charge in [0.15, 0.2) is 0 Å². The number of hydrogen-bond donors (Lipinski definition) is 0. The average Bonchev–Trinajstić information content (AvgIpc) is 2.40. The van der Waals surface area contributed by atoms with Crippen LogP contribution in [0.1, 0.15) is 6.92 Å². The Bertz CT molecular complexity index is 403. The summed E-state index contributed by atoms with van der Waals surface area (Å²) < 4.78 is 25.1. The summed E-state index contributed by atoms with van der Waals surface area (Å²) in [7, 11) is 0. The van der Waals surface area contributed by atoms with Gasteiger partial charge in [0.2, 0.25) is 0 Å². The monoisotopic (exact) mass is 317 g/mol. The molecule has 0 aliphatic carbocycles. The van der Waals surface area contributed by atoms with E-state index in [1.807, 2.05) is 0 Å². The Morgan fingerprint density at radius 2 is 2.39 bits per heavy atom. The summed E-state index contributed by atoms with van der Waals surface area (Å²) in [5, 5.41) is 0. The van der Waals surface area contributed by atoms with Gasteiger partial charge in [0, 0.05) is 19.2 Å². The Kier molecular flexibility index (Phi) is 4.97. The van der Waals surface area contributed by atoms with Crippen LogP contribution in [0.5, 0.6) is 5.75 Å². The minimum atomic E-state index is -0.298. The van der Waals surface area contributed by atoms with E-state index in [1.165, 1.54) is 12.1 Å². The highest BCUT2D eigenvalue weighted by atomic mass is 79.9. The van der Waals surface area contributed by atoms with Crippen LogP contribution in [0.2, 0.25) is 0 Å². The Hall–Kier alpha value is -0.650. The molecule has 1 aromatic carbocycles. The fourth-order valence-electron chi connectivity index (χ4n) is 1.94. The molecule has 0 radical (unpaired) electrons. The van der Waals surface area contributed by atoms with Gasteiger partial charge >= 0.3 is 0 Å². The van der Waals surface area contributed by atoms with Crippen LogP contribution >= 0.6 is 15.9 Å². The zero-order valence-corrected chi connectivity index (χ0v) is 12.0. The van der Waals surface area contributed by atoms with Crippen LogP contribution in [-0.4, -0.2) is 43.9 Å². The molecule has 0 spiro atoms. The third-order valence-electron chi connectivity index (χ3n) is 2.99. The molecule has 100 valence electrons. The Labute approximate surface area is 115 Å². The van der Waals surface area contributed by atoms with Gasteiger partial charge in [0.1, 0.15) is 24.3 Å². The molecular formula is C13H17BrFNO2. The maximum atomic E-state index is 13.1. The lowest BCUT2D eigenvalue weighted by atomic mass is 10.3. The summed E-state index contributed by atoms with van der Waals surface area (Å²) in [4.78, 5) is 2.32. The number of ether oxygens (including phenoxy) is 2. The molecule has 5 heteroatoms. The van der Waals surface area contributed by atoms with Crippen molar-refractivity contribution in [2.24, 2.45) is 0 Å². The summed E-state index contributed by atoms with van der Waals surface area (Å²) in [6, 6.07) is 4.42. The zero-order valence-electron chi connectivity index (χ0n) is 10.4. The van der Waals surface area contributed by atoms with Crippen LogP contribution in [0.25, 0.3) is 0 Å². The van der Waals surface area contributed by atoms with Crippen LogP contribution in [0.4, 0.5) is 4.39 Å². The minimum absolute atomic E-state index is 0.0499. The summed E-state index contributed by atoms with van der Waals surface area (Å²) >= 11 is 3.34. The maximum Gasteiger partial charge on any atom is 0.136 e. The van der Waals surface area contributed by atoms with E-state index in [2.05, 4.69) is 27.8 Å². The largest absolute Gasteiger partial charge is 0.490 e. The van der Waals surface area contributed by atoms with Crippen molar-refractivity contribution in [3.63, 3.8) is 0 Å². The van der Waals surface area contributed by atoms with E-state index in [0.717, 1.165) is 30.7 Å². The van der Waals surface area contributed by atoms with Crippen LogP contribution in [0, 0.1) is 5.82 Å². The molecule has 0 amide bonds. The van der Waals surface area contributed by atoms with Crippen molar-refractivity contribution in [1.82, 2.24) is 4.90 Å². The first-order chi connectivity index (χ1) is 8.69. The van der Waals surface area contributed by atoms with Crippen LogP contribution < -0.4 is 4.74 Å². The van der Waals surface area contributed by atoms with Crippen molar-refractivity contribution in [3.05, 3.63) is 28.5 Å². The third-order valence-corrected chi connectivity index (χ3v) is 3.64. The first-order valence-corrected chi connectivity index (χ1v) is 6.90. The van der Waals surface area contributed by atoms with Crippen molar-refractivity contribution in [2.45, 2.75) is 13.0 Å². The van der Waals surface area contributed by atoms with Crippen LogP contribution in [0.3, 0.4) is 0 Å². The summed E-state index contributed by atoms with van der Waals surface area (Å²) in [5.74, 6) is 0.222. The van der Waals surface area contributed by atoms with E-state index >= 15 is 0 Å². The van der Waals surface area contributed by atoms with E-state index < -0.39 is 0 Å². The molecule has 1 aliphatic rings. The lowest BCUT2D eigenvalue weighted by molar-refractivity contribution is -0.0465. The Morgan fingerprint density at radius 1 is 1.56 bits per heavy atom. The van der Waals surface area contributed by atoms with Crippen molar-refractivity contribution < 1.29 is 13.9 Å². The lowest BCUT2D eigenvalue weighted by Crippen LogP contribution is -2.44. The lowest BCUT2D eigenvalue weighted by Gasteiger charge is -2.31. The molecule has 0 N–H and O–H groups in total. The topological polar surface area (TPSA) is 21.7 Å². The second-order valence-electron chi connectivity index (χ2n) is 4.27. The van der Waals surface area contributed by atoms with E-state index in [0.29, 0.717) is 12.4 Å². The number of morpholine rings is 1. The van der Waals surface area contributed by atoms with Crippen LogP contribution in [-0.2, 0) is 4.74 Å². The van der Waals surface area contributed by atoms with Gasteiger partial charge in [-0.1, -0.05) is 6.92 Å². The van der Waals surface area contributed by atoms with Gasteiger partial charge in [0.25, 0.3) is 0 Å². The van der Waals surface area contributed by atoms with Crippen molar-refractivity contribution >= 4 is 15.9 Å². The quantitative estimate of drug-likeness (QED) is 0.852. The fourth-order valence-corrected chi connectivity index (χ4v) is 2.30. The van der Waals surface area contributed by atoms with Crippen LogP contribution in [0.15, 0.2) is 22.7 Å². The number of benzene rings is 1. The fraction of sp³-hybridized carbons (Fsp3) is 0.538. The first-order valence-electron chi connectivity index (χ1n) is 6.11. The second kappa shape index (κ2) is 6.50. The zero-order chi connectivity index (χ0) is 13.0. The van der Waals surface area contributed by atoms with E-state index in [-0.39, 0.29) is 11.9 Å². The van der Waals surface area contributed by atoms with Gasteiger partial charge in [-0.2, -0.15) is 0 Å². The predicted octanol–water partition coefficient (Wildman–Crippen LogP) is 2.69. The highest BCUT2D eigenvalue weighted by molar-refractivity contribution is 9.10. The average molecular weight is 318 g/mol. The third kappa shape index (κ3) is 3.67. The van der Waals surface area contributed by atoms with E-state index in [4.69, 9.17) is 9.47 Å². The number of rotatable bonds is 4. The molecule has 1 unspecified atom stereocenters. The molecule has 1 aromatic rings. The normalized spacial score (nSPS) is 20.9. The maximum absolute atomic E-state index is 13.1. The molecule has 1 saturated heterocycles. The number of likely N-dealkylation sites (N-methyl/N-ethyl adjacent to an activating group) is 1. The molecule has 0 saturated carbocycles. The molecule has 0 aromatic heterocycles. The highest BCUT2D eigenvalue weighted by Crippen LogP contribution is 2.25. The Morgan fingerprint density at radius 3 is 3.17 bits per heavy atom. The number of nitrogens with zero attached hydrogens (tertiary/aromatic N) is 1. The second-order valence-corrected chi connectivity index (χ2v) is 5.13. The van der Waals surface area contributed by atoms with Gasteiger partial charge in [-0.05, 0) is 34.6 Å². The van der Waals surface area contributed by atoms with Gasteiger partial charge in [0.05, 0.1) is 11.1 Å². The predicted molar refractivity (Wildman–Crippen MR) is 71.4 cm³/mol. The van der Waals surface area contributed by atoms with Gasteiger partial charge in [-0.15, -0.1) is 0 Å². The van der Waals surface area contributed by atoms with Crippen molar-refractivity contribution in [3.8, 4) is 5.75 Å². The van der Waals surface area contributed by atoms with Gasteiger partial charge in [-0.25, -0.2) is 4.39 Å². The molecule has 3 nitrogen and oxygen atoms in total. The number of halogens is 2. The minimum Gasteiger partial charge on any atom is -0.490 e. The summed E-state index contributed by atoms with van der Waals surface area (Å²) in [6.07, 6.45) is 0.0499. The van der Waals surface area contributed by atoms with E-state index in [9.17, 15) is 4.39 Å². The molecule has 2 rings (SSSR count). The van der Waals surface area contributed by atoms with Gasteiger partial charge < -0.3 is 9.47 Å². The molecule has 0 bridgehead atoms. The smallest absolute Gasteiger partial charge is 0.136 e. The summed E-state index contributed by atoms with van der Waals surface area (Å²) in [6.45, 7) is 6.15. The van der Waals surface area contributed by atoms with Crippen molar-refractivity contribution in [1.29, 1.82) is 0 Å². The summed E-state index contributed by atoms with van der Waals surface area (Å²) in [5.41, 5.74) is 0. The molecule has 18 heavy (non-hydrogen) atoms. The van der Waals surface area contributed by atoms with E-state index in [1.54, 1.807) is 6.07 Å².